The van der Waals surface area contributed by atoms with Crippen molar-refractivity contribution >= 4 is 5.91 Å². The van der Waals surface area contributed by atoms with E-state index >= 15 is 0 Å². The molecule has 0 spiro atoms. The lowest BCUT2D eigenvalue weighted by Gasteiger charge is -2.31. The fourth-order valence-corrected chi connectivity index (χ4v) is 3.15. The van der Waals surface area contributed by atoms with Gasteiger partial charge in [0.15, 0.2) is 11.6 Å². The zero-order valence-electron chi connectivity index (χ0n) is 12.9. The van der Waals surface area contributed by atoms with Gasteiger partial charge in [-0.1, -0.05) is 6.92 Å². The SMILES string of the molecule is CCCN1Cc2nnc(-c3cc(C4CC4)[nH]n3)n2[C@@H](C)C1=O. The molecule has 116 valence electrons. The summed E-state index contributed by atoms with van der Waals surface area (Å²) in [5.74, 6) is 2.28. The van der Waals surface area contributed by atoms with E-state index in [9.17, 15) is 4.79 Å². The molecule has 1 fully saturated rings. The molecule has 3 heterocycles. The van der Waals surface area contributed by atoms with E-state index in [1.807, 2.05) is 22.5 Å². The number of carbonyl (C=O) groups is 1. The van der Waals surface area contributed by atoms with Gasteiger partial charge in [-0.25, -0.2) is 0 Å². The molecule has 1 aliphatic carbocycles. The zero-order valence-corrected chi connectivity index (χ0v) is 12.9. The highest BCUT2D eigenvalue weighted by atomic mass is 16.2. The Morgan fingerprint density at radius 2 is 2.18 bits per heavy atom. The van der Waals surface area contributed by atoms with Crippen molar-refractivity contribution < 1.29 is 4.79 Å². The Morgan fingerprint density at radius 3 is 2.91 bits per heavy atom. The Labute approximate surface area is 128 Å². The molecule has 1 amide bonds. The molecule has 7 heteroatoms. The molecule has 7 nitrogen and oxygen atoms in total. The van der Waals surface area contributed by atoms with Crippen LogP contribution >= 0.6 is 0 Å². The van der Waals surface area contributed by atoms with E-state index < -0.39 is 0 Å². The monoisotopic (exact) mass is 300 g/mol. The lowest BCUT2D eigenvalue weighted by molar-refractivity contribution is -0.136. The maximum atomic E-state index is 12.5. The minimum absolute atomic E-state index is 0.133. The first-order valence-corrected chi connectivity index (χ1v) is 7.97. The van der Waals surface area contributed by atoms with Gasteiger partial charge in [0.2, 0.25) is 5.91 Å². The highest BCUT2D eigenvalue weighted by Crippen LogP contribution is 2.40. The fraction of sp³-hybridized carbons (Fsp3) is 0.600. The summed E-state index contributed by atoms with van der Waals surface area (Å²) >= 11 is 0. The van der Waals surface area contributed by atoms with Crippen molar-refractivity contribution in [2.24, 2.45) is 0 Å². The van der Waals surface area contributed by atoms with E-state index in [0.717, 1.165) is 30.2 Å². The number of hydrogen-bond donors (Lipinski definition) is 1. The number of nitrogens with zero attached hydrogens (tertiary/aromatic N) is 5. The summed E-state index contributed by atoms with van der Waals surface area (Å²) in [6.07, 6.45) is 3.39. The van der Waals surface area contributed by atoms with Crippen LogP contribution in [0.4, 0.5) is 0 Å². The molecule has 1 N–H and O–H groups in total. The fourth-order valence-electron chi connectivity index (χ4n) is 3.15. The third-order valence-electron chi connectivity index (χ3n) is 4.49. The van der Waals surface area contributed by atoms with Gasteiger partial charge in [-0.2, -0.15) is 5.10 Å². The number of amides is 1. The number of nitrogens with one attached hydrogen (secondary N) is 1. The van der Waals surface area contributed by atoms with Crippen LogP contribution in [0.5, 0.6) is 0 Å². The third kappa shape index (κ3) is 2.03. The molecular weight excluding hydrogens is 280 g/mol. The van der Waals surface area contributed by atoms with Crippen molar-refractivity contribution in [2.45, 2.75) is 51.6 Å². The number of rotatable bonds is 4. The number of carbonyl (C=O) groups excluding carboxylic acids is 1. The summed E-state index contributed by atoms with van der Waals surface area (Å²) in [4.78, 5) is 14.4. The van der Waals surface area contributed by atoms with Gasteiger partial charge in [0, 0.05) is 18.2 Å². The molecule has 2 aliphatic rings. The Morgan fingerprint density at radius 1 is 1.36 bits per heavy atom. The Balaban J connectivity index is 1.70. The second kappa shape index (κ2) is 4.93. The number of aromatic amines is 1. The van der Waals surface area contributed by atoms with E-state index in [2.05, 4.69) is 27.3 Å². The molecule has 1 atom stereocenters. The molecule has 1 aliphatic heterocycles. The predicted molar refractivity (Wildman–Crippen MR) is 80.0 cm³/mol. The van der Waals surface area contributed by atoms with Gasteiger partial charge in [-0.15, -0.1) is 10.2 Å². The number of aromatic nitrogens is 5. The minimum Gasteiger partial charge on any atom is -0.333 e. The summed E-state index contributed by atoms with van der Waals surface area (Å²) in [6.45, 7) is 5.28. The molecule has 4 rings (SSSR count). The van der Waals surface area contributed by atoms with E-state index in [1.54, 1.807) is 0 Å². The largest absolute Gasteiger partial charge is 0.333 e. The second-order valence-electron chi connectivity index (χ2n) is 6.23. The van der Waals surface area contributed by atoms with Gasteiger partial charge < -0.3 is 4.90 Å². The van der Waals surface area contributed by atoms with Crippen LogP contribution in [-0.2, 0) is 11.3 Å². The van der Waals surface area contributed by atoms with Crippen LogP contribution in [0.15, 0.2) is 6.07 Å². The molecule has 2 aromatic heterocycles. The standard InChI is InChI=1S/C15H20N6O/c1-3-6-20-8-13-18-19-14(21(13)9(2)15(20)22)12-7-11(16-17-12)10-4-5-10/h7,9-10H,3-6,8H2,1-2H3,(H,16,17)/t9-/m0/s1. The van der Waals surface area contributed by atoms with Gasteiger partial charge in [-0.05, 0) is 32.3 Å². The summed E-state index contributed by atoms with van der Waals surface area (Å²) in [5, 5.41) is 16.0. The van der Waals surface area contributed by atoms with Crippen molar-refractivity contribution in [2.75, 3.05) is 6.54 Å². The Bertz CT molecular complexity index is 713. The lowest BCUT2D eigenvalue weighted by atomic mass is 10.2. The van der Waals surface area contributed by atoms with E-state index in [0.29, 0.717) is 18.3 Å². The van der Waals surface area contributed by atoms with Crippen molar-refractivity contribution in [1.29, 1.82) is 0 Å². The highest BCUT2D eigenvalue weighted by molar-refractivity contribution is 5.81. The van der Waals surface area contributed by atoms with Crippen molar-refractivity contribution in [1.82, 2.24) is 29.9 Å². The first-order valence-electron chi connectivity index (χ1n) is 7.97. The topological polar surface area (TPSA) is 79.7 Å². The first-order chi connectivity index (χ1) is 10.7. The van der Waals surface area contributed by atoms with Crippen LogP contribution in [-0.4, -0.2) is 42.3 Å². The van der Waals surface area contributed by atoms with Gasteiger partial charge in [0.05, 0.1) is 6.54 Å². The van der Waals surface area contributed by atoms with Crippen LogP contribution in [0.3, 0.4) is 0 Å². The minimum atomic E-state index is -0.277. The summed E-state index contributed by atoms with van der Waals surface area (Å²) in [6, 6.07) is 1.77. The number of hydrogen-bond acceptors (Lipinski definition) is 4. The average Bonchev–Trinajstić information content (AvgIpc) is 3.09. The predicted octanol–water partition coefficient (Wildman–Crippen LogP) is 1.86. The molecule has 0 radical (unpaired) electrons. The number of H-pyrrole nitrogens is 1. The summed E-state index contributed by atoms with van der Waals surface area (Å²) < 4.78 is 1.93. The highest BCUT2D eigenvalue weighted by Gasteiger charge is 2.34. The zero-order chi connectivity index (χ0) is 15.3. The summed E-state index contributed by atoms with van der Waals surface area (Å²) in [5.41, 5.74) is 1.94. The van der Waals surface area contributed by atoms with Gasteiger partial charge in [0.25, 0.3) is 0 Å². The Hall–Kier alpha value is -2.18. The van der Waals surface area contributed by atoms with Gasteiger partial charge in [-0.3, -0.25) is 14.5 Å². The van der Waals surface area contributed by atoms with Crippen LogP contribution in [0.25, 0.3) is 11.5 Å². The second-order valence-corrected chi connectivity index (χ2v) is 6.23. The maximum absolute atomic E-state index is 12.5. The third-order valence-corrected chi connectivity index (χ3v) is 4.49. The molecule has 22 heavy (non-hydrogen) atoms. The molecular formula is C15H20N6O. The van der Waals surface area contributed by atoms with E-state index in [1.165, 1.54) is 12.8 Å². The normalized spacial score (nSPS) is 21.3. The Kier molecular flexibility index (Phi) is 3.02. The van der Waals surface area contributed by atoms with Crippen LogP contribution < -0.4 is 0 Å². The summed E-state index contributed by atoms with van der Waals surface area (Å²) in [7, 11) is 0. The number of fused-ring (bicyclic) bond motifs is 1. The molecule has 0 bridgehead atoms. The molecule has 0 saturated heterocycles. The van der Waals surface area contributed by atoms with Crippen LogP contribution in [0.1, 0.15) is 56.6 Å². The van der Waals surface area contributed by atoms with Crippen LogP contribution in [0, 0.1) is 0 Å². The van der Waals surface area contributed by atoms with Crippen molar-refractivity contribution in [3.05, 3.63) is 17.6 Å². The molecule has 1 saturated carbocycles. The maximum Gasteiger partial charge on any atom is 0.245 e. The van der Waals surface area contributed by atoms with Crippen molar-refractivity contribution in [3.63, 3.8) is 0 Å². The van der Waals surface area contributed by atoms with Crippen LogP contribution in [0.2, 0.25) is 0 Å². The smallest absolute Gasteiger partial charge is 0.245 e. The van der Waals surface area contributed by atoms with Crippen molar-refractivity contribution in [3.8, 4) is 11.5 Å². The lowest BCUT2D eigenvalue weighted by Crippen LogP contribution is -2.42. The molecule has 2 aromatic rings. The van der Waals surface area contributed by atoms with Gasteiger partial charge in [0.1, 0.15) is 11.7 Å². The quantitative estimate of drug-likeness (QED) is 0.934. The average molecular weight is 300 g/mol. The molecule has 0 unspecified atom stereocenters. The van der Waals surface area contributed by atoms with E-state index in [-0.39, 0.29) is 11.9 Å². The first kappa shape index (κ1) is 13.5. The van der Waals surface area contributed by atoms with E-state index in [4.69, 9.17) is 0 Å². The van der Waals surface area contributed by atoms with Gasteiger partial charge >= 0.3 is 0 Å². The molecule has 0 aromatic carbocycles.